The van der Waals surface area contributed by atoms with E-state index in [9.17, 15) is 13.2 Å². The van der Waals surface area contributed by atoms with Gasteiger partial charge in [0.1, 0.15) is 5.69 Å². The third-order valence-corrected chi connectivity index (χ3v) is 7.93. The Hall–Kier alpha value is -2.45. The van der Waals surface area contributed by atoms with Crippen LogP contribution in [-0.2, 0) is 27.4 Å². The summed E-state index contributed by atoms with van der Waals surface area (Å²) >= 11 is 6.06. The number of halogens is 1. The molecule has 0 radical (unpaired) electrons. The average Bonchev–Trinajstić information content (AvgIpc) is 3.43. The Balaban J connectivity index is 1.84. The van der Waals surface area contributed by atoms with Crippen molar-refractivity contribution in [2.24, 2.45) is 0 Å². The van der Waals surface area contributed by atoms with Crippen LogP contribution in [0.3, 0.4) is 0 Å². The van der Waals surface area contributed by atoms with E-state index in [2.05, 4.69) is 0 Å². The van der Waals surface area contributed by atoms with Crippen molar-refractivity contribution in [2.45, 2.75) is 31.7 Å². The van der Waals surface area contributed by atoms with E-state index in [-0.39, 0.29) is 17.5 Å². The van der Waals surface area contributed by atoms with Crippen LogP contribution in [0.2, 0.25) is 5.02 Å². The number of pyridine rings is 1. The van der Waals surface area contributed by atoms with Crippen molar-refractivity contribution in [1.29, 1.82) is 0 Å². The fourth-order valence-corrected chi connectivity index (χ4v) is 6.34. The molecule has 2 aliphatic rings. The summed E-state index contributed by atoms with van der Waals surface area (Å²) in [5.41, 5.74) is 4.19. The fourth-order valence-electron chi connectivity index (χ4n) is 4.52. The first-order valence-electron chi connectivity index (χ1n) is 9.86. The minimum atomic E-state index is -3.11. The molecule has 1 unspecified atom stereocenters. The Morgan fingerprint density at radius 2 is 2.00 bits per heavy atom. The molecule has 9 heteroatoms. The summed E-state index contributed by atoms with van der Waals surface area (Å²) in [6.45, 7) is 0. The van der Waals surface area contributed by atoms with E-state index in [0.717, 1.165) is 36.1 Å². The van der Waals surface area contributed by atoms with E-state index < -0.39 is 15.8 Å². The van der Waals surface area contributed by atoms with Gasteiger partial charge in [-0.1, -0.05) is 23.7 Å². The van der Waals surface area contributed by atoms with E-state index in [1.807, 2.05) is 12.1 Å². The van der Waals surface area contributed by atoms with Gasteiger partial charge in [0.2, 0.25) is 0 Å². The van der Waals surface area contributed by atoms with Crippen LogP contribution in [0.5, 0.6) is 0 Å². The van der Waals surface area contributed by atoms with Crippen molar-refractivity contribution < 1.29 is 17.9 Å². The van der Waals surface area contributed by atoms with Gasteiger partial charge in [-0.25, -0.2) is 22.9 Å². The normalized spacial score (nSPS) is 19.9. The number of hydrogen-bond donors (Lipinski definition) is 0. The SMILES string of the molecule is COC(=O)c1c2c(nc3c1c(-c1ccc(Cl)cc1)nn3C1CCS(=O)(=O)C1)CCC2. The van der Waals surface area contributed by atoms with Crippen LogP contribution in [0.4, 0.5) is 0 Å². The van der Waals surface area contributed by atoms with Crippen LogP contribution >= 0.6 is 11.6 Å². The number of carbonyl (C=O) groups is 1. The summed E-state index contributed by atoms with van der Waals surface area (Å²) < 4.78 is 31.1. The highest BCUT2D eigenvalue weighted by Gasteiger charge is 2.35. The Kier molecular flexibility index (Phi) is 4.59. The van der Waals surface area contributed by atoms with Crippen molar-refractivity contribution in [2.75, 3.05) is 18.6 Å². The molecule has 1 aliphatic heterocycles. The van der Waals surface area contributed by atoms with Crippen LogP contribution in [0.15, 0.2) is 24.3 Å². The standard InChI is InChI=1S/C21H20ClN3O4S/c1-29-21(26)17-15-3-2-4-16(15)23-20-18(17)19(12-5-7-13(22)8-6-12)24-25(20)14-9-10-30(27,28)11-14/h5-8,14H,2-4,9-11H2,1H3. The van der Waals surface area contributed by atoms with Crippen LogP contribution in [0.25, 0.3) is 22.3 Å². The maximum atomic E-state index is 12.9. The number of esters is 1. The minimum Gasteiger partial charge on any atom is -0.465 e. The zero-order valence-corrected chi connectivity index (χ0v) is 18.0. The van der Waals surface area contributed by atoms with Crippen LogP contribution < -0.4 is 0 Å². The summed E-state index contributed by atoms with van der Waals surface area (Å²) in [5.74, 6) is -0.269. The lowest BCUT2D eigenvalue weighted by Gasteiger charge is -2.12. The Morgan fingerprint density at radius 3 is 2.67 bits per heavy atom. The molecule has 0 spiro atoms. The zero-order chi connectivity index (χ0) is 21.0. The topological polar surface area (TPSA) is 91.2 Å². The van der Waals surface area contributed by atoms with Crippen LogP contribution in [0.1, 0.15) is 40.5 Å². The molecule has 7 nitrogen and oxygen atoms in total. The molecule has 0 amide bonds. The van der Waals surface area contributed by atoms with Crippen molar-refractivity contribution in [3.8, 4) is 11.3 Å². The lowest BCUT2D eigenvalue weighted by atomic mass is 9.99. The molecule has 1 saturated heterocycles. The Labute approximate surface area is 178 Å². The summed E-state index contributed by atoms with van der Waals surface area (Å²) in [5, 5.41) is 6.01. The van der Waals surface area contributed by atoms with Gasteiger partial charge in [-0.15, -0.1) is 0 Å². The molecule has 0 saturated carbocycles. The van der Waals surface area contributed by atoms with Crippen molar-refractivity contribution >= 4 is 38.4 Å². The maximum absolute atomic E-state index is 12.9. The fraction of sp³-hybridized carbons (Fsp3) is 0.381. The highest BCUT2D eigenvalue weighted by molar-refractivity contribution is 7.91. The first kappa shape index (κ1) is 19.5. The van der Waals surface area contributed by atoms with Crippen molar-refractivity contribution in [3.05, 3.63) is 46.1 Å². The van der Waals surface area contributed by atoms with E-state index in [1.165, 1.54) is 7.11 Å². The molecule has 3 heterocycles. The predicted octanol–water partition coefficient (Wildman–Crippen LogP) is 3.39. The summed E-state index contributed by atoms with van der Waals surface area (Å²) in [4.78, 5) is 17.7. The second-order valence-electron chi connectivity index (χ2n) is 7.81. The molecule has 0 N–H and O–H groups in total. The van der Waals surface area contributed by atoms with Gasteiger partial charge >= 0.3 is 5.97 Å². The van der Waals surface area contributed by atoms with Crippen molar-refractivity contribution in [3.63, 3.8) is 0 Å². The third-order valence-electron chi connectivity index (χ3n) is 5.93. The maximum Gasteiger partial charge on any atom is 0.339 e. The molecule has 3 aromatic rings. The molecule has 1 aliphatic carbocycles. The molecule has 5 rings (SSSR count). The number of rotatable bonds is 3. The highest BCUT2D eigenvalue weighted by atomic mass is 35.5. The van der Waals surface area contributed by atoms with Gasteiger partial charge in [0.15, 0.2) is 15.5 Å². The van der Waals surface area contributed by atoms with Crippen LogP contribution in [-0.4, -0.2) is 47.8 Å². The van der Waals surface area contributed by atoms with E-state index in [0.29, 0.717) is 33.7 Å². The highest BCUT2D eigenvalue weighted by Crippen LogP contribution is 2.38. The molecule has 1 aromatic carbocycles. The second-order valence-corrected chi connectivity index (χ2v) is 10.5. The number of methoxy groups -OCH3 is 1. The largest absolute Gasteiger partial charge is 0.465 e. The first-order chi connectivity index (χ1) is 14.4. The van der Waals surface area contributed by atoms with E-state index in [4.69, 9.17) is 26.4 Å². The number of carbonyl (C=O) groups excluding carboxylic acids is 1. The van der Waals surface area contributed by atoms with Gasteiger partial charge in [-0.2, -0.15) is 5.10 Å². The molecular weight excluding hydrogens is 426 g/mol. The van der Waals surface area contributed by atoms with Gasteiger partial charge in [-0.3, -0.25) is 0 Å². The predicted molar refractivity (Wildman–Crippen MR) is 114 cm³/mol. The number of aryl methyl sites for hydroxylation is 1. The third kappa shape index (κ3) is 3.09. The van der Waals surface area contributed by atoms with E-state index in [1.54, 1.807) is 16.8 Å². The average molecular weight is 446 g/mol. The summed E-state index contributed by atoms with van der Waals surface area (Å²) in [7, 11) is -1.75. The minimum absolute atomic E-state index is 0.0240. The number of nitrogens with zero attached hydrogens (tertiary/aromatic N) is 3. The summed E-state index contributed by atoms with van der Waals surface area (Å²) in [6.07, 6.45) is 2.93. The molecule has 156 valence electrons. The second kappa shape index (κ2) is 7.06. The number of fused-ring (bicyclic) bond motifs is 2. The monoisotopic (exact) mass is 445 g/mol. The van der Waals surface area contributed by atoms with Gasteiger partial charge in [-0.05, 0) is 43.4 Å². The zero-order valence-electron chi connectivity index (χ0n) is 16.4. The van der Waals surface area contributed by atoms with Gasteiger partial charge in [0.25, 0.3) is 0 Å². The quantitative estimate of drug-likeness (QED) is 0.574. The Bertz CT molecular complexity index is 1280. The summed E-state index contributed by atoms with van der Waals surface area (Å²) in [6, 6.07) is 6.90. The van der Waals surface area contributed by atoms with Gasteiger partial charge < -0.3 is 4.74 Å². The lowest BCUT2D eigenvalue weighted by Crippen LogP contribution is -2.14. The lowest BCUT2D eigenvalue weighted by molar-refractivity contribution is 0.0601. The number of aromatic nitrogens is 3. The van der Waals surface area contributed by atoms with Crippen molar-refractivity contribution in [1.82, 2.24) is 14.8 Å². The number of ether oxygens (including phenoxy) is 1. The first-order valence-corrected chi connectivity index (χ1v) is 12.1. The molecule has 2 aromatic heterocycles. The Morgan fingerprint density at radius 1 is 1.23 bits per heavy atom. The molecule has 1 atom stereocenters. The molecule has 1 fully saturated rings. The smallest absolute Gasteiger partial charge is 0.339 e. The van der Waals surface area contributed by atoms with Gasteiger partial charge in [0.05, 0.1) is 35.6 Å². The number of hydrogen-bond acceptors (Lipinski definition) is 6. The number of benzene rings is 1. The van der Waals surface area contributed by atoms with Crippen LogP contribution in [0, 0.1) is 0 Å². The molecular formula is C21H20ClN3O4S. The molecule has 30 heavy (non-hydrogen) atoms. The number of sulfone groups is 1. The van der Waals surface area contributed by atoms with Gasteiger partial charge in [0, 0.05) is 16.3 Å². The van der Waals surface area contributed by atoms with E-state index >= 15 is 0 Å². The molecule has 0 bridgehead atoms.